The Kier molecular flexibility index (Phi) is 5.69. The normalized spacial score (nSPS) is 10.6. The molecular weight excluding hydrogens is 414 g/mol. The van der Waals surface area contributed by atoms with Crippen molar-refractivity contribution in [3.63, 3.8) is 0 Å². The maximum absolute atomic E-state index is 12.2. The summed E-state index contributed by atoms with van der Waals surface area (Å²) in [5, 5.41) is 6.44. The number of benzene rings is 2. The van der Waals surface area contributed by atoms with Gasteiger partial charge in [0.1, 0.15) is 0 Å². The number of aryl methyl sites for hydroxylation is 1. The van der Waals surface area contributed by atoms with Gasteiger partial charge in [-0.2, -0.15) is 0 Å². The zero-order valence-corrected chi connectivity index (χ0v) is 16.9. The van der Waals surface area contributed by atoms with E-state index in [1.165, 1.54) is 0 Å². The SMILES string of the molecule is Cc1cc(CNC(=O)Nc2ccccc2Br)c(C)n1-c1cccc(Cl)c1. The number of hydrogen-bond acceptors (Lipinski definition) is 1. The van der Waals surface area contributed by atoms with E-state index < -0.39 is 0 Å². The Bertz CT molecular complexity index is 952. The summed E-state index contributed by atoms with van der Waals surface area (Å²) >= 11 is 9.54. The lowest BCUT2D eigenvalue weighted by molar-refractivity contribution is 0.251. The maximum atomic E-state index is 12.2. The van der Waals surface area contributed by atoms with Crippen molar-refractivity contribution in [3.8, 4) is 5.69 Å². The van der Waals surface area contributed by atoms with Gasteiger partial charge in [0.05, 0.1) is 5.69 Å². The van der Waals surface area contributed by atoms with Crippen molar-refractivity contribution in [1.29, 1.82) is 0 Å². The van der Waals surface area contributed by atoms with Gasteiger partial charge in [-0.05, 0) is 71.7 Å². The summed E-state index contributed by atoms with van der Waals surface area (Å²) in [6.07, 6.45) is 0. The summed E-state index contributed by atoms with van der Waals surface area (Å²) in [5.41, 5.74) is 4.97. The molecule has 0 unspecified atom stereocenters. The number of nitrogens with zero attached hydrogens (tertiary/aromatic N) is 1. The molecule has 0 saturated heterocycles. The van der Waals surface area contributed by atoms with Crippen molar-refractivity contribution in [2.24, 2.45) is 0 Å². The molecule has 1 heterocycles. The number of halogens is 2. The highest BCUT2D eigenvalue weighted by atomic mass is 79.9. The summed E-state index contributed by atoms with van der Waals surface area (Å²) in [4.78, 5) is 12.2. The van der Waals surface area contributed by atoms with Crippen molar-refractivity contribution in [2.45, 2.75) is 20.4 Å². The van der Waals surface area contributed by atoms with Gasteiger partial charge >= 0.3 is 6.03 Å². The zero-order valence-electron chi connectivity index (χ0n) is 14.5. The second-order valence-electron chi connectivity index (χ2n) is 6.00. The van der Waals surface area contributed by atoms with Crippen LogP contribution in [0.1, 0.15) is 17.0 Å². The molecule has 0 aliphatic rings. The molecule has 134 valence electrons. The monoisotopic (exact) mass is 431 g/mol. The van der Waals surface area contributed by atoms with E-state index in [-0.39, 0.29) is 6.03 Å². The van der Waals surface area contributed by atoms with E-state index in [9.17, 15) is 4.79 Å². The molecule has 0 spiro atoms. The quantitative estimate of drug-likeness (QED) is 0.535. The van der Waals surface area contributed by atoms with Crippen LogP contribution in [0.3, 0.4) is 0 Å². The van der Waals surface area contributed by atoms with Crippen LogP contribution in [0.4, 0.5) is 10.5 Å². The van der Waals surface area contributed by atoms with E-state index in [0.29, 0.717) is 11.6 Å². The van der Waals surface area contributed by atoms with Gasteiger partial charge in [0.25, 0.3) is 0 Å². The minimum atomic E-state index is -0.246. The lowest BCUT2D eigenvalue weighted by Crippen LogP contribution is -2.28. The van der Waals surface area contributed by atoms with E-state index in [0.717, 1.165) is 32.8 Å². The molecule has 0 aliphatic carbocycles. The molecule has 0 saturated carbocycles. The van der Waals surface area contributed by atoms with Crippen LogP contribution in [-0.4, -0.2) is 10.6 Å². The fourth-order valence-corrected chi connectivity index (χ4v) is 3.49. The number of carbonyl (C=O) groups is 1. The molecule has 0 fully saturated rings. The molecule has 6 heteroatoms. The third kappa shape index (κ3) is 4.11. The molecule has 0 bridgehead atoms. The molecule has 26 heavy (non-hydrogen) atoms. The minimum absolute atomic E-state index is 0.246. The number of para-hydroxylation sites is 1. The Balaban J connectivity index is 1.72. The standard InChI is InChI=1S/C20H19BrClN3O/c1-13-10-15(14(2)25(13)17-7-5-6-16(22)11-17)12-23-20(26)24-19-9-4-3-8-18(19)21/h3-11H,12H2,1-2H3,(H2,23,24,26). The van der Waals surface area contributed by atoms with Crippen LogP contribution in [0.15, 0.2) is 59.1 Å². The van der Waals surface area contributed by atoms with Crippen LogP contribution < -0.4 is 10.6 Å². The maximum Gasteiger partial charge on any atom is 0.319 e. The molecule has 0 aliphatic heterocycles. The van der Waals surface area contributed by atoms with Gasteiger partial charge in [0.2, 0.25) is 0 Å². The van der Waals surface area contributed by atoms with Crippen LogP contribution in [0.2, 0.25) is 5.02 Å². The van der Waals surface area contributed by atoms with Crippen molar-refractivity contribution in [1.82, 2.24) is 9.88 Å². The van der Waals surface area contributed by atoms with E-state index >= 15 is 0 Å². The lowest BCUT2D eigenvalue weighted by Gasteiger charge is -2.11. The number of hydrogen-bond donors (Lipinski definition) is 2. The first kappa shape index (κ1) is 18.5. The van der Waals surface area contributed by atoms with E-state index in [2.05, 4.69) is 37.2 Å². The van der Waals surface area contributed by atoms with Crippen LogP contribution in [-0.2, 0) is 6.54 Å². The highest BCUT2D eigenvalue weighted by Crippen LogP contribution is 2.23. The highest BCUT2D eigenvalue weighted by Gasteiger charge is 2.12. The summed E-state index contributed by atoms with van der Waals surface area (Å²) in [5.74, 6) is 0. The number of rotatable bonds is 4. The molecule has 2 aromatic carbocycles. The molecular formula is C20H19BrClN3O. The number of nitrogens with one attached hydrogen (secondary N) is 2. The van der Waals surface area contributed by atoms with Gasteiger partial charge < -0.3 is 15.2 Å². The second kappa shape index (κ2) is 7.98. The fourth-order valence-electron chi connectivity index (χ4n) is 2.93. The van der Waals surface area contributed by atoms with Crippen molar-refractivity contribution in [3.05, 3.63) is 81.0 Å². The zero-order chi connectivity index (χ0) is 18.7. The van der Waals surface area contributed by atoms with Crippen LogP contribution in [0.5, 0.6) is 0 Å². The number of anilines is 1. The number of aromatic nitrogens is 1. The third-order valence-electron chi connectivity index (χ3n) is 4.16. The van der Waals surface area contributed by atoms with Crippen LogP contribution in [0.25, 0.3) is 5.69 Å². The van der Waals surface area contributed by atoms with E-state index in [1.807, 2.05) is 62.4 Å². The summed E-state index contributed by atoms with van der Waals surface area (Å²) < 4.78 is 2.98. The summed E-state index contributed by atoms with van der Waals surface area (Å²) in [6.45, 7) is 4.52. The number of carbonyl (C=O) groups excluding carboxylic acids is 1. The Hall–Kier alpha value is -2.24. The first-order valence-corrected chi connectivity index (χ1v) is 9.36. The fraction of sp³-hybridized carbons (Fsp3) is 0.150. The average Bonchev–Trinajstić information content (AvgIpc) is 2.89. The largest absolute Gasteiger partial charge is 0.334 e. The van der Waals surface area contributed by atoms with Gasteiger partial charge in [-0.3, -0.25) is 0 Å². The molecule has 2 amide bonds. The van der Waals surface area contributed by atoms with E-state index in [1.54, 1.807) is 0 Å². The summed E-state index contributed by atoms with van der Waals surface area (Å²) in [6, 6.07) is 17.1. The summed E-state index contributed by atoms with van der Waals surface area (Å²) in [7, 11) is 0. The Morgan fingerprint density at radius 3 is 2.62 bits per heavy atom. The Labute approximate surface area is 166 Å². The lowest BCUT2D eigenvalue weighted by atomic mass is 10.2. The van der Waals surface area contributed by atoms with E-state index in [4.69, 9.17) is 11.6 Å². The highest BCUT2D eigenvalue weighted by molar-refractivity contribution is 9.10. The molecule has 0 atom stereocenters. The second-order valence-corrected chi connectivity index (χ2v) is 7.29. The van der Waals surface area contributed by atoms with Gasteiger partial charge in [0.15, 0.2) is 0 Å². The molecule has 2 N–H and O–H groups in total. The van der Waals surface area contributed by atoms with Gasteiger partial charge in [-0.15, -0.1) is 0 Å². The molecule has 1 aromatic heterocycles. The third-order valence-corrected chi connectivity index (χ3v) is 5.09. The van der Waals surface area contributed by atoms with Crippen molar-refractivity contribution in [2.75, 3.05) is 5.32 Å². The molecule has 0 radical (unpaired) electrons. The Morgan fingerprint density at radius 2 is 1.88 bits per heavy atom. The van der Waals surface area contributed by atoms with Gasteiger partial charge in [-0.25, -0.2) is 4.79 Å². The molecule has 3 aromatic rings. The predicted octanol–water partition coefficient (Wildman–Crippen LogP) is 5.83. The van der Waals surface area contributed by atoms with Crippen molar-refractivity contribution >= 4 is 39.2 Å². The first-order chi connectivity index (χ1) is 12.5. The average molecular weight is 433 g/mol. The number of urea groups is 1. The van der Waals surface area contributed by atoms with Crippen LogP contribution in [0, 0.1) is 13.8 Å². The number of amides is 2. The van der Waals surface area contributed by atoms with Gasteiger partial charge in [-0.1, -0.05) is 29.8 Å². The molecule has 3 rings (SSSR count). The van der Waals surface area contributed by atoms with Crippen LogP contribution >= 0.6 is 27.5 Å². The topological polar surface area (TPSA) is 46.1 Å². The minimum Gasteiger partial charge on any atom is -0.334 e. The first-order valence-electron chi connectivity index (χ1n) is 8.19. The predicted molar refractivity (Wildman–Crippen MR) is 110 cm³/mol. The smallest absolute Gasteiger partial charge is 0.319 e. The molecule has 4 nitrogen and oxygen atoms in total. The Morgan fingerprint density at radius 1 is 1.12 bits per heavy atom. The van der Waals surface area contributed by atoms with Gasteiger partial charge in [0, 0.05) is 33.1 Å². The van der Waals surface area contributed by atoms with Crippen molar-refractivity contribution < 1.29 is 4.79 Å².